The van der Waals surface area contributed by atoms with Gasteiger partial charge in [-0.2, -0.15) is 0 Å². The van der Waals surface area contributed by atoms with Gasteiger partial charge < -0.3 is 9.47 Å². The Morgan fingerprint density at radius 1 is 1.06 bits per heavy atom. The van der Waals surface area contributed by atoms with Gasteiger partial charge in [0, 0.05) is 6.61 Å². The van der Waals surface area contributed by atoms with Crippen molar-refractivity contribution in [3.63, 3.8) is 0 Å². The van der Waals surface area contributed by atoms with E-state index < -0.39 is 0 Å². The van der Waals surface area contributed by atoms with Gasteiger partial charge in [0.1, 0.15) is 6.61 Å². The Kier molecular flexibility index (Phi) is 5.55. The van der Waals surface area contributed by atoms with Crippen LogP contribution in [0.15, 0.2) is 11.8 Å². The minimum atomic E-state index is -0.0633. The van der Waals surface area contributed by atoms with E-state index in [4.69, 9.17) is 9.47 Å². The van der Waals surface area contributed by atoms with Gasteiger partial charge >= 0.3 is 0 Å². The summed E-state index contributed by atoms with van der Waals surface area (Å²) in [5.74, 6) is 0. The lowest BCUT2D eigenvalue weighted by Gasteiger charge is -2.31. The molecule has 1 heterocycles. The molecule has 1 aliphatic heterocycles. The van der Waals surface area contributed by atoms with Crippen molar-refractivity contribution in [1.29, 1.82) is 0 Å². The molecule has 18 heavy (non-hydrogen) atoms. The standard InChI is InChI=1S/C16H28O2/c1-16(11-7-2-3-8-12-18-16)14-17-13-15-9-5-4-6-10-15/h13H,2-12,14H2,1H3. The van der Waals surface area contributed by atoms with Gasteiger partial charge in [-0.1, -0.05) is 25.7 Å². The molecule has 104 valence electrons. The van der Waals surface area contributed by atoms with Gasteiger partial charge in [0.2, 0.25) is 0 Å². The highest BCUT2D eigenvalue weighted by Gasteiger charge is 2.26. The van der Waals surface area contributed by atoms with Crippen LogP contribution in [0.25, 0.3) is 0 Å². The van der Waals surface area contributed by atoms with Crippen molar-refractivity contribution < 1.29 is 9.47 Å². The second-order valence-corrected chi connectivity index (χ2v) is 6.11. The third-order valence-corrected chi connectivity index (χ3v) is 4.18. The first-order valence-corrected chi connectivity index (χ1v) is 7.72. The van der Waals surface area contributed by atoms with Gasteiger partial charge in [0.05, 0.1) is 11.9 Å². The van der Waals surface area contributed by atoms with Crippen LogP contribution in [-0.4, -0.2) is 18.8 Å². The Morgan fingerprint density at radius 2 is 1.78 bits per heavy atom. The van der Waals surface area contributed by atoms with E-state index in [1.807, 2.05) is 6.26 Å². The molecule has 0 aromatic heterocycles. The Morgan fingerprint density at radius 3 is 2.61 bits per heavy atom. The molecule has 1 unspecified atom stereocenters. The van der Waals surface area contributed by atoms with Crippen LogP contribution in [0.3, 0.4) is 0 Å². The summed E-state index contributed by atoms with van der Waals surface area (Å²) in [6.45, 7) is 3.82. The van der Waals surface area contributed by atoms with Gasteiger partial charge in [-0.05, 0) is 51.0 Å². The highest BCUT2D eigenvalue weighted by molar-refractivity contribution is 5.00. The largest absolute Gasteiger partial charge is 0.498 e. The first-order valence-electron chi connectivity index (χ1n) is 7.72. The maximum Gasteiger partial charge on any atom is 0.116 e. The molecule has 0 N–H and O–H groups in total. The molecule has 0 aromatic carbocycles. The number of ether oxygens (including phenoxy) is 2. The van der Waals surface area contributed by atoms with Crippen molar-refractivity contribution in [2.24, 2.45) is 0 Å². The Balaban J connectivity index is 1.75. The van der Waals surface area contributed by atoms with Gasteiger partial charge in [0.25, 0.3) is 0 Å². The van der Waals surface area contributed by atoms with Gasteiger partial charge in [0.15, 0.2) is 0 Å². The second kappa shape index (κ2) is 7.18. The SMILES string of the molecule is CC1(COC=C2CCCCC2)CCCCCCO1. The monoisotopic (exact) mass is 252 g/mol. The number of hydrogen-bond acceptors (Lipinski definition) is 2. The lowest BCUT2D eigenvalue weighted by Crippen LogP contribution is -2.35. The molecule has 1 saturated heterocycles. The summed E-state index contributed by atoms with van der Waals surface area (Å²) in [6.07, 6.45) is 14.8. The Bertz CT molecular complexity index is 254. The van der Waals surface area contributed by atoms with Gasteiger partial charge in [-0.25, -0.2) is 0 Å². The minimum absolute atomic E-state index is 0.0633. The van der Waals surface area contributed by atoms with Crippen LogP contribution >= 0.6 is 0 Å². The molecular weight excluding hydrogens is 224 g/mol. The van der Waals surface area contributed by atoms with Gasteiger partial charge in [-0.15, -0.1) is 0 Å². The molecule has 2 rings (SSSR count). The van der Waals surface area contributed by atoms with Gasteiger partial charge in [-0.3, -0.25) is 0 Å². The third kappa shape index (κ3) is 4.64. The number of hydrogen-bond donors (Lipinski definition) is 0. The molecule has 0 spiro atoms. The highest BCUT2D eigenvalue weighted by Crippen LogP contribution is 2.26. The summed E-state index contributed by atoms with van der Waals surface area (Å²) in [5.41, 5.74) is 1.43. The van der Waals surface area contributed by atoms with Crippen molar-refractivity contribution in [1.82, 2.24) is 0 Å². The van der Waals surface area contributed by atoms with Crippen molar-refractivity contribution >= 4 is 0 Å². The van der Waals surface area contributed by atoms with E-state index in [1.54, 1.807) is 0 Å². The summed E-state index contributed by atoms with van der Waals surface area (Å²) >= 11 is 0. The van der Waals surface area contributed by atoms with E-state index >= 15 is 0 Å². The van der Waals surface area contributed by atoms with Crippen LogP contribution in [0.1, 0.15) is 71.1 Å². The smallest absolute Gasteiger partial charge is 0.116 e. The maximum absolute atomic E-state index is 6.01. The molecule has 1 atom stereocenters. The molecule has 2 aliphatic rings. The molecule has 0 bridgehead atoms. The van der Waals surface area contributed by atoms with Crippen LogP contribution in [0.2, 0.25) is 0 Å². The van der Waals surface area contributed by atoms with E-state index in [0.29, 0.717) is 0 Å². The average Bonchev–Trinajstić information content (AvgIpc) is 2.36. The van der Waals surface area contributed by atoms with Crippen LogP contribution in [0, 0.1) is 0 Å². The lowest BCUT2D eigenvalue weighted by atomic mass is 9.96. The minimum Gasteiger partial charge on any atom is -0.498 e. The summed E-state index contributed by atoms with van der Waals surface area (Å²) in [4.78, 5) is 0. The van der Waals surface area contributed by atoms with Crippen molar-refractivity contribution in [3.8, 4) is 0 Å². The molecule has 0 amide bonds. The van der Waals surface area contributed by atoms with Crippen molar-refractivity contribution in [2.45, 2.75) is 76.7 Å². The molecule has 2 nitrogen and oxygen atoms in total. The normalized spacial score (nSPS) is 30.4. The van der Waals surface area contributed by atoms with E-state index in [9.17, 15) is 0 Å². The first-order chi connectivity index (χ1) is 8.79. The predicted molar refractivity (Wildman–Crippen MR) is 74.6 cm³/mol. The molecule has 0 aromatic rings. The molecule has 2 fully saturated rings. The average molecular weight is 252 g/mol. The summed E-state index contributed by atoms with van der Waals surface area (Å²) in [7, 11) is 0. The first kappa shape index (κ1) is 13.9. The molecule has 2 heteroatoms. The van der Waals surface area contributed by atoms with E-state index in [-0.39, 0.29) is 5.60 Å². The van der Waals surface area contributed by atoms with Crippen LogP contribution in [0.5, 0.6) is 0 Å². The molecule has 0 radical (unpaired) electrons. The zero-order chi connectivity index (χ0) is 12.7. The van der Waals surface area contributed by atoms with Crippen LogP contribution in [0.4, 0.5) is 0 Å². The van der Waals surface area contributed by atoms with E-state index in [2.05, 4.69) is 6.92 Å². The highest BCUT2D eigenvalue weighted by atomic mass is 16.5. The fourth-order valence-corrected chi connectivity index (χ4v) is 2.92. The van der Waals surface area contributed by atoms with Crippen LogP contribution < -0.4 is 0 Å². The topological polar surface area (TPSA) is 18.5 Å². The zero-order valence-corrected chi connectivity index (χ0v) is 11.9. The third-order valence-electron chi connectivity index (χ3n) is 4.18. The molecule has 1 saturated carbocycles. The zero-order valence-electron chi connectivity index (χ0n) is 11.9. The van der Waals surface area contributed by atoms with E-state index in [0.717, 1.165) is 19.6 Å². The Labute approximate surface area is 112 Å². The maximum atomic E-state index is 6.01. The van der Waals surface area contributed by atoms with Crippen LogP contribution in [-0.2, 0) is 9.47 Å². The number of rotatable bonds is 3. The quantitative estimate of drug-likeness (QED) is 0.684. The fourth-order valence-electron chi connectivity index (χ4n) is 2.92. The summed E-state index contributed by atoms with van der Waals surface area (Å²) in [6, 6.07) is 0. The number of allylic oxidation sites excluding steroid dienone is 1. The van der Waals surface area contributed by atoms with Crippen molar-refractivity contribution in [2.75, 3.05) is 13.2 Å². The van der Waals surface area contributed by atoms with E-state index in [1.165, 1.54) is 63.4 Å². The molecular formula is C16H28O2. The van der Waals surface area contributed by atoms with Crippen molar-refractivity contribution in [3.05, 3.63) is 11.8 Å². The molecule has 1 aliphatic carbocycles. The second-order valence-electron chi connectivity index (χ2n) is 6.11. The fraction of sp³-hybridized carbons (Fsp3) is 0.875. The predicted octanol–water partition coefficient (Wildman–Crippen LogP) is 4.59. The lowest BCUT2D eigenvalue weighted by molar-refractivity contribution is -0.0820. The summed E-state index contributed by atoms with van der Waals surface area (Å²) < 4.78 is 11.8. The summed E-state index contributed by atoms with van der Waals surface area (Å²) in [5, 5.41) is 0. The Hall–Kier alpha value is -0.500.